The van der Waals surface area contributed by atoms with Gasteiger partial charge < -0.3 is 9.72 Å². The molecule has 4 nitrogen and oxygen atoms in total. The van der Waals surface area contributed by atoms with Crippen molar-refractivity contribution in [1.82, 2.24) is 14.9 Å². The highest BCUT2D eigenvalue weighted by Crippen LogP contribution is 2.20. The van der Waals surface area contributed by atoms with Gasteiger partial charge in [-0.25, -0.2) is 4.98 Å². The maximum Gasteiger partial charge on any atom is 0.138 e. The van der Waals surface area contributed by atoms with E-state index in [2.05, 4.69) is 28.7 Å². The predicted octanol–water partition coefficient (Wildman–Crippen LogP) is 2.23. The SMILES string of the molecule is Cc1cc(=S)nc(C2CN(C(C)C)CCO2)[nH]1. The lowest BCUT2D eigenvalue weighted by atomic mass is 10.2. The van der Waals surface area contributed by atoms with Crippen LogP contribution in [0.25, 0.3) is 0 Å². The van der Waals surface area contributed by atoms with Crippen molar-refractivity contribution >= 4 is 12.2 Å². The van der Waals surface area contributed by atoms with Crippen molar-refractivity contribution in [2.24, 2.45) is 0 Å². The van der Waals surface area contributed by atoms with Gasteiger partial charge in [0.05, 0.1) is 6.61 Å². The van der Waals surface area contributed by atoms with Crippen molar-refractivity contribution in [3.63, 3.8) is 0 Å². The van der Waals surface area contributed by atoms with Crippen LogP contribution < -0.4 is 0 Å². The van der Waals surface area contributed by atoms with Gasteiger partial charge in [-0.15, -0.1) is 0 Å². The van der Waals surface area contributed by atoms with E-state index >= 15 is 0 Å². The Hall–Kier alpha value is -0.780. The first-order chi connectivity index (χ1) is 8.06. The molecule has 1 aliphatic heterocycles. The van der Waals surface area contributed by atoms with Crippen LogP contribution in [0.4, 0.5) is 0 Å². The number of rotatable bonds is 2. The summed E-state index contributed by atoms with van der Waals surface area (Å²) in [6, 6.07) is 2.40. The Bertz CT molecular complexity index is 444. The monoisotopic (exact) mass is 253 g/mol. The fourth-order valence-electron chi connectivity index (χ4n) is 2.06. The van der Waals surface area contributed by atoms with Crippen molar-refractivity contribution in [1.29, 1.82) is 0 Å². The molecule has 0 radical (unpaired) electrons. The molecule has 0 spiro atoms. The average molecular weight is 253 g/mol. The van der Waals surface area contributed by atoms with Gasteiger partial charge in [0.25, 0.3) is 0 Å². The highest BCUT2D eigenvalue weighted by Gasteiger charge is 2.25. The van der Waals surface area contributed by atoms with E-state index in [0.717, 1.165) is 31.2 Å². The Morgan fingerprint density at radius 1 is 1.59 bits per heavy atom. The number of hydrogen-bond donors (Lipinski definition) is 1. The van der Waals surface area contributed by atoms with E-state index in [9.17, 15) is 0 Å². The maximum atomic E-state index is 5.77. The Labute approximate surface area is 107 Å². The van der Waals surface area contributed by atoms with Crippen LogP contribution in [0.2, 0.25) is 0 Å². The maximum absolute atomic E-state index is 5.77. The molecule has 5 heteroatoms. The van der Waals surface area contributed by atoms with Crippen LogP contribution >= 0.6 is 12.2 Å². The Kier molecular flexibility index (Phi) is 3.91. The fourth-order valence-corrected chi connectivity index (χ4v) is 2.33. The fraction of sp³-hybridized carbons (Fsp3) is 0.667. The van der Waals surface area contributed by atoms with Crippen LogP contribution in [0.15, 0.2) is 6.07 Å². The van der Waals surface area contributed by atoms with Crippen molar-refractivity contribution < 1.29 is 4.74 Å². The van der Waals surface area contributed by atoms with Crippen molar-refractivity contribution in [2.75, 3.05) is 19.7 Å². The molecule has 94 valence electrons. The van der Waals surface area contributed by atoms with Gasteiger partial charge in [0.15, 0.2) is 0 Å². The molecule has 2 rings (SSSR count). The molecule has 0 aromatic carbocycles. The third-order valence-electron chi connectivity index (χ3n) is 3.03. The molecule has 17 heavy (non-hydrogen) atoms. The van der Waals surface area contributed by atoms with Crippen LogP contribution in [0.5, 0.6) is 0 Å². The average Bonchev–Trinajstić information content (AvgIpc) is 2.28. The lowest BCUT2D eigenvalue weighted by Crippen LogP contribution is -2.42. The van der Waals surface area contributed by atoms with Crippen molar-refractivity contribution in [3.05, 3.63) is 22.2 Å². The van der Waals surface area contributed by atoms with Crippen molar-refractivity contribution in [3.8, 4) is 0 Å². The second kappa shape index (κ2) is 5.25. The third kappa shape index (κ3) is 3.12. The number of aromatic amines is 1. The number of ether oxygens (including phenoxy) is 1. The molecule has 1 aliphatic rings. The summed E-state index contributed by atoms with van der Waals surface area (Å²) in [5.74, 6) is 0.848. The van der Waals surface area contributed by atoms with E-state index in [1.165, 1.54) is 0 Å². The molecule has 1 atom stereocenters. The molecule has 1 aromatic rings. The summed E-state index contributed by atoms with van der Waals surface area (Å²) >= 11 is 5.14. The first kappa shape index (κ1) is 12.7. The van der Waals surface area contributed by atoms with Gasteiger partial charge in [0.2, 0.25) is 0 Å². The first-order valence-corrected chi connectivity index (χ1v) is 6.40. The molecule has 1 saturated heterocycles. The van der Waals surface area contributed by atoms with Gasteiger partial charge >= 0.3 is 0 Å². The molecular formula is C12H19N3OS. The van der Waals surface area contributed by atoms with E-state index in [4.69, 9.17) is 17.0 Å². The minimum Gasteiger partial charge on any atom is -0.368 e. The summed E-state index contributed by atoms with van der Waals surface area (Å²) in [5.41, 5.74) is 1.03. The van der Waals surface area contributed by atoms with Gasteiger partial charge in [-0.1, -0.05) is 12.2 Å². The van der Waals surface area contributed by atoms with E-state index in [1.807, 2.05) is 13.0 Å². The lowest BCUT2D eigenvalue weighted by molar-refractivity contribution is -0.0443. The van der Waals surface area contributed by atoms with E-state index in [1.54, 1.807) is 0 Å². The molecular weight excluding hydrogens is 234 g/mol. The molecule has 2 heterocycles. The zero-order valence-corrected chi connectivity index (χ0v) is 11.4. The standard InChI is InChI=1S/C12H19N3OS/c1-8(2)15-4-5-16-10(7-15)12-13-9(3)6-11(17)14-12/h6,8,10H,4-5,7H2,1-3H3,(H,13,14,17). The topological polar surface area (TPSA) is 41.2 Å². The number of hydrogen-bond acceptors (Lipinski definition) is 4. The van der Waals surface area contributed by atoms with Crippen LogP contribution in [0.1, 0.15) is 31.5 Å². The number of H-pyrrole nitrogens is 1. The lowest BCUT2D eigenvalue weighted by Gasteiger charge is -2.35. The zero-order chi connectivity index (χ0) is 12.4. The van der Waals surface area contributed by atoms with Crippen LogP contribution in [-0.2, 0) is 4.74 Å². The van der Waals surface area contributed by atoms with Crippen molar-refractivity contribution in [2.45, 2.75) is 32.9 Å². The molecule has 0 aliphatic carbocycles. The molecule has 0 bridgehead atoms. The largest absolute Gasteiger partial charge is 0.368 e. The van der Waals surface area contributed by atoms with Gasteiger partial charge in [0.1, 0.15) is 16.6 Å². The second-order valence-electron chi connectivity index (χ2n) is 4.74. The Morgan fingerprint density at radius 3 is 3.00 bits per heavy atom. The van der Waals surface area contributed by atoms with Gasteiger partial charge in [-0.3, -0.25) is 4.90 Å². The molecule has 1 N–H and O–H groups in total. The molecule has 0 saturated carbocycles. The number of aromatic nitrogens is 2. The molecule has 0 amide bonds. The zero-order valence-electron chi connectivity index (χ0n) is 10.6. The molecule has 1 aromatic heterocycles. The normalized spacial score (nSPS) is 22.0. The summed E-state index contributed by atoms with van der Waals surface area (Å²) in [7, 11) is 0. The molecule has 1 unspecified atom stereocenters. The molecule has 1 fully saturated rings. The predicted molar refractivity (Wildman–Crippen MR) is 69.6 cm³/mol. The summed E-state index contributed by atoms with van der Waals surface area (Å²) < 4.78 is 6.40. The third-order valence-corrected chi connectivity index (χ3v) is 3.24. The number of nitrogens with one attached hydrogen (secondary N) is 1. The minimum atomic E-state index is 0.00718. The summed E-state index contributed by atoms with van der Waals surface area (Å²) in [6.07, 6.45) is 0.00718. The van der Waals surface area contributed by atoms with Gasteiger partial charge in [-0.05, 0) is 26.8 Å². The van der Waals surface area contributed by atoms with Crippen LogP contribution in [0, 0.1) is 11.6 Å². The smallest absolute Gasteiger partial charge is 0.138 e. The van der Waals surface area contributed by atoms with Crippen LogP contribution in [-0.4, -0.2) is 40.6 Å². The first-order valence-electron chi connectivity index (χ1n) is 6.00. The Morgan fingerprint density at radius 2 is 2.35 bits per heavy atom. The second-order valence-corrected chi connectivity index (χ2v) is 5.15. The van der Waals surface area contributed by atoms with E-state index in [0.29, 0.717) is 10.7 Å². The Balaban J connectivity index is 2.18. The summed E-state index contributed by atoms with van der Waals surface area (Å²) in [5, 5.41) is 0. The van der Waals surface area contributed by atoms with E-state index < -0.39 is 0 Å². The van der Waals surface area contributed by atoms with Gasteiger partial charge in [-0.2, -0.15) is 0 Å². The number of aryl methyl sites for hydroxylation is 1. The minimum absolute atomic E-state index is 0.00718. The highest BCUT2D eigenvalue weighted by molar-refractivity contribution is 7.71. The highest BCUT2D eigenvalue weighted by atomic mass is 32.1. The summed E-state index contributed by atoms with van der Waals surface area (Å²) in [6.45, 7) is 9.01. The number of nitrogens with zero attached hydrogens (tertiary/aromatic N) is 2. The summed E-state index contributed by atoms with van der Waals surface area (Å²) in [4.78, 5) is 10.0. The van der Waals surface area contributed by atoms with Crippen LogP contribution in [0.3, 0.4) is 0 Å². The van der Waals surface area contributed by atoms with Gasteiger partial charge in [0, 0.05) is 24.8 Å². The number of morpholine rings is 1. The quantitative estimate of drug-likeness (QED) is 0.821. The van der Waals surface area contributed by atoms with E-state index in [-0.39, 0.29) is 6.10 Å².